The first-order valence-corrected chi connectivity index (χ1v) is 8.26. The number of fused-ring (bicyclic) bond motifs is 2. The van der Waals surface area contributed by atoms with E-state index < -0.39 is 0 Å². The van der Waals surface area contributed by atoms with Gasteiger partial charge in [0.1, 0.15) is 4.83 Å². The SMILES string of the molecule is Cc1nn(C)c2sc(C(=O)N3CC4CCC(O)C4C3)cc12. The summed E-state index contributed by atoms with van der Waals surface area (Å²) in [5, 5.41) is 15.4. The maximum atomic E-state index is 12.7. The maximum absolute atomic E-state index is 12.7. The molecule has 4 rings (SSSR count). The van der Waals surface area contributed by atoms with Gasteiger partial charge in [-0.25, -0.2) is 0 Å². The summed E-state index contributed by atoms with van der Waals surface area (Å²) in [5.41, 5.74) is 0.969. The average Bonchev–Trinajstić information content (AvgIpc) is 3.16. The number of nitrogens with zero attached hydrogens (tertiary/aromatic N) is 3. The van der Waals surface area contributed by atoms with Crippen molar-refractivity contribution in [2.45, 2.75) is 25.9 Å². The van der Waals surface area contributed by atoms with Crippen molar-refractivity contribution in [2.75, 3.05) is 13.1 Å². The molecular weight excluding hydrogens is 286 g/mol. The molecule has 1 saturated carbocycles. The Kier molecular flexibility index (Phi) is 2.87. The normalized spacial score (nSPS) is 28.5. The van der Waals surface area contributed by atoms with Crippen molar-refractivity contribution in [3.63, 3.8) is 0 Å². The standard InChI is InChI=1S/C15H19N3O2S/c1-8-10-5-13(21-15(10)17(2)16-8)14(20)18-6-9-3-4-12(19)11(9)7-18/h5,9,11-12,19H,3-4,6-7H2,1-2H3. The van der Waals surface area contributed by atoms with E-state index in [9.17, 15) is 9.90 Å². The zero-order valence-electron chi connectivity index (χ0n) is 12.2. The van der Waals surface area contributed by atoms with Crippen LogP contribution in [0.1, 0.15) is 28.2 Å². The first kappa shape index (κ1) is 13.3. The lowest BCUT2D eigenvalue weighted by Crippen LogP contribution is -2.30. The number of aryl methyl sites for hydroxylation is 2. The maximum Gasteiger partial charge on any atom is 0.264 e. The average molecular weight is 305 g/mol. The van der Waals surface area contributed by atoms with Crippen LogP contribution in [-0.4, -0.2) is 44.9 Å². The molecule has 6 heteroatoms. The minimum absolute atomic E-state index is 0.109. The van der Waals surface area contributed by atoms with Gasteiger partial charge in [0, 0.05) is 31.4 Å². The van der Waals surface area contributed by atoms with Crippen molar-refractivity contribution in [2.24, 2.45) is 18.9 Å². The van der Waals surface area contributed by atoms with Gasteiger partial charge in [-0.05, 0) is 31.7 Å². The number of thiophene rings is 1. The van der Waals surface area contributed by atoms with Gasteiger partial charge in [0.05, 0.1) is 16.7 Å². The van der Waals surface area contributed by atoms with Crippen LogP contribution in [0.3, 0.4) is 0 Å². The van der Waals surface area contributed by atoms with Crippen molar-refractivity contribution in [1.29, 1.82) is 0 Å². The molecule has 0 aromatic carbocycles. The smallest absolute Gasteiger partial charge is 0.264 e. The molecule has 3 atom stereocenters. The third-order valence-corrected chi connectivity index (χ3v) is 6.20. The van der Waals surface area contributed by atoms with Crippen LogP contribution in [0, 0.1) is 18.8 Å². The molecule has 112 valence electrons. The Morgan fingerprint density at radius 3 is 2.95 bits per heavy atom. The van der Waals surface area contributed by atoms with Crippen LogP contribution in [0.15, 0.2) is 6.07 Å². The monoisotopic (exact) mass is 305 g/mol. The molecule has 1 aliphatic carbocycles. The van der Waals surface area contributed by atoms with Crippen LogP contribution in [-0.2, 0) is 7.05 Å². The number of hydrogen-bond donors (Lipinski definition) is 1. The number of rotatable bonds is 1. The van der Waals surface area contributed by atoms with Crippen LogP contribution in [0.4, 0.5) is 0 Å². The molecule has 1 saturated heterocycles. The van der Waals surface area contributed by atoms with Crippen LogP contribution in [0.25, 0.3) is 10.2 Å². The summed E-state index contributed by atoms with van der Waals surface area (Å²) in [6.45, 7) is 3.47. The summed E-state index contributed by atoms with van der Waals surface area (Å²) < 4.78 is 1.84. The highest BCUT2D eigenvalue weighted by Gasteiger charge is 2.43. The molecule has 0 bridgehead atoms. The second kappa shape index (κ2) is 4.55. The summed E-state index contributed by atoms with van der Waals surface area (Å²) in [6.07, 6.45) is 1.72. The first-order valence-electron chi connectivity index (χ1n) is 7.45. The first-order chi connectivity index (χ1) is 10.0. The molecule has 5 nitrogen and oxygen atoms in total. The summed E-state index contributed by atoms with van der Waals surface area (Å²) >= 11 is 1.52. The lowest BCUT2D eigenvalue weighted by Gasteiger charge is -2.17. The highest BCUT2D eigenvalue weighted by atomic mass is 32.1. The largest absolute Gasteiger partial charge is 0.393 e. The lowest BCUT2D eigenvalue weighted by atomic mass is 10.00. The lowest BCUT2D eigenvalue weighted by molar-refractivity contribution is 0.0757. The molecule has 1 aliphatic heterocycles. The Bertz CT molecular complexity index is 685. The molecule has 3 heterocycles. The molecule has 2 aliphatic rings. The van der Waals surface area contributed by atoms with Crippen LogP contribution < -0.4 is 0 Å². The van der Waals surface area contributed by atoms with Gasteiger partial charge in [0.25, 0.3) is 5.91 Å². The summed E-state index contributed by atoms with van der Waals surface area (Å²) in [6, 6.07) is 1.97. The van der Waals surface area contributed by atoms with Crippen LogP contribution in [0.2, 0.25) is 0 Å². The minimum Gasteiger partial charge on any atom is -0.393 e. The van der Waals surface area contributed by atoms with Crippen molar-refractivity contribution >= 4 is 27.5 Å². The van der Waals surface area contributed by atoms with E-state index in [-0.39, 0.29) is 17.9 Å². The molecule has 2 aromatic heterocycles. The van der Waals surface area contributed by atoms with Crippen molar-refractivity contribution in [1.82, 2.24) is 14.7 Å². The number of carbonyl (C=O) groups excluding carboxylic acids is 1. The van der Waals surface area contributed by atoms with E-state index in [1.54, 1.807) is 0 Å². The van der Waals surface area contributed by atoms with Gasteiger partial charge in [-0.15, -0.1) is 11.3 Å². The van der Waals surface area contributed by atoms with Crippen molar-refractivity contribution in [3.8, 4) is 0 Å². The van der Waals surface area contributed by atoms with E-state index in [0.717, 1.165) is 40.2 Å². The molecule has 2 fully saturated rings. The fourth-order valence-corrected chi connectivity index (χ4v) is 4.96. The van der Waals surface area contributed by atoms with E-state index in [0.29, 0.717) is 12.5 Å². The zero-order valence-corrected chi connectivity index (χ0v) is 13.1. The minimum atomic E-state index is -0.221. The Hall–Kier alpha value is -1.40. The molecule has 1 N–H and O–H groups in total. The second-order valence-electron chi connectivity index (χ2n) is 6.32. The molecule has 1 amide bonds. The van der Waals surface area contributed by atoms with E-state index in [1.165, 1.54) is 11.3 Å². The van der Waals surface area contributed by atoms with Gasteiger partial charge in [-0.3, -0.25) is 9.48 Å². The predicted octanol–water partition coefficient (Wildman–Crippen LogP) is 1.79. The third kappa shape index (κ3) is 1.92. The van der Waals surface area contributed by atoms with E-state index in [4.69, 9.17) is 0 Å². The van der Waals surface area contributed by atoms with Gasteiger partial charge in [0.2, 0.25) is 0 Å². The van der Waals surface area contributed by atoms with Gasteiger partial charge in [0.15, 0.2) is 0 Å². The molecule has 21 heavy (non-hydrogen) atoms. The summed E-state index contributed by atoms with van der Waals surface area (Å²) in [4.78, 5) is 16.5. The number of carbonyl (C=O) groups is 1. The molecule has 0 spiro atoms. The fraction of sp³-hybridized carbons (Fsp3) is 0.600. The number of aliphatic hydroxyl groups is 1. The van der Waals surface area contributed by atoms with E-state index in [2.05, 4.69) is 5.10 Å². The number of likely N-dealkylation sites (tertiary alicyclic amines) is 1. The van der Waals surface area contributed by atoms with Gasteiger partial charge in [-0.2, -0.15) is 5.10 Å². The second-order valence-corrected chi connectivity index (χ2v) is 7.35. The summed E-state index contributed by atoms with van der Waals surface area (Å²) in [7, 11) is 1.91. The number of hydrogen-bond acceptors (Lipinski definition) is 4. The Morgan fingerprint density at radius 2 is 2.24 bits per heavy atom. The highest BCUT2D eigenvalue weighted by Crippen LogP contribution is 2.39. The quantitative estimate of drug-likeness (QED) is 0.874. The van der Waals surface area contributed by atoms with Gasteiger partial charge < -0.3 is 10.0 Å². The van der Waals surface area contributed by atoms with Gasteiger partial charge in [-0.1, -0.05) is 0 Å². The van der Waals surface area contributed by atoms with E-state index >= 15 is 0 Å². The van der Waals surface area contributed by atoms with Crippen LogP contribution in [0.5, 0.6) is 0 Å². The zero-order chi connectivity index (χ0) is 14.7. The number of aliphatic hydroxyl groups excluding tert-OH is 1. The predicted molar refractivity (Wildman–Crippen MR) is 81.5 cm³/mol. The Balaban J connectivity index is 1.61. The Labute approximate surface area is 127 Å². The molecule has 2 aromatic rings. The number of aromatic nitrogens is 2. The molecular formula is C15H19N3O2S. The molecule has 0 radical (unpaired) electrons. The van der Waals surface area contributed by atoms with Crippen molar-refractivity contribution in [3.05, 3.63) is 16.6 Å². The van der Waals surface area contributed by atoms with Crippen molar-refractivity contribution < 1.29 is 9.90 Å². The van der Waals surface area contributed by atoms with E-state index in [1.807, 2.05) is 29.6 Å². The third-order valence-electron chi connectivity index (χ3n) is 5.01. The van der Waals surface area contributed by atoms with Crippen LogP contribution >= 0.6 is 11.3 Å². The Morgan fingerprint density at radius 1 is 1.43 bits per heavy atom. The number of amides is 1. The topological polar surface area (TPSA) is 58.4 Å². The molecule has 3 unspecified atom stereocenters. The summed E-state index contributed by atoms with van der Waals surface area (Å²) in [5.74, 6) is 0.880. The highest BCUT2D eigenvalue weighted by molar-refractivity contribution is 7.20. The fourth-order valence-electron chi connectivity index (χ4n) is 3.87. The van der Waals surface area contributed by atoms with Gasteiger partial charge >= 0.3 is 0 Å².